The summed E-state index contributed by atoms with van der Waals surface area (Å²) in [5.74, 6) is -0.00939. The Bertz CT molecular complexity index is 1520. The Kier molecular flexibility index (Phi) is 18.6. The van der Waals surface area contributed by atoms with E-state index in [4.69, 9.17) is 75.8 Å². The number of thiol groups is 6. The second-order valence-corrected chi connectivity index (χ2v) is 17.1. The molecule has 0 aliphatic carbocycles. The lowest BCUT2D eigenvalue weighted by atomic mass is 9.59. The van der Waals surface area contributed by atoms with E-state index in [-0.39, 0.29) is 11.2 Å². The van der Waals surface area contributed by atoms with E-state index in [1.54, 1.807) is 0 Å². The van der Waals surface area contributed by atoms with Gasteiger partial charge in [0.25, 0.3) is 0 Å². The Morgan fingerprint density at radius 3 is 1.30 bits per heavy atom. The minimum atomic E-state index is -0.666. The van der Waals surface area contributed by atoms with Crippen molar-refractivity contribution in [3.63, 3.8) is 0 Å². The smallest absolute Gasteiger partial charge is 0.0450 e. The van der Waals surface area contributed by atoms with Gasteiger partial charge in [-0.25, -0.2) is 0 Å². The minimum absolute atomic E-state index is 0.00939. The van der Waals surface area contributed by atoms with Crippen molar-refractivity contribution in [1.82, 2.24) is 0 Å². The summed E-state index contributed by atoms with van der Waals surface area (Å²) in [5.41, 5.74) is 3.86. The summed E-state index contributed by atoms with van der Waals surface area (Å²) in [7, 11) is 0. The van der Waals surface area contributed by atoms with Gasteiger partial charge in [0.05, 0.1) is 0 Å². The van der Waals surface area contributed by atoms with Crippen LogP contribution in [0.5, 0.6) is 0 Å². The van der Waals surface area contributed by atoms with Gasteiger partial charge in [0, 0.05) is 41.4 Å². The molecule has 0 nitrogen and oxygen atoms in total. The Morgan fingerprint density at radius 1 is 0.440 bits per heavy atom. The zero-order valence-electron chi connectivity index (χ0n) is 29.8. The molecular weight excluding hydrogens is 721 g/mol. The Morgan fingerprint density at radius 2 is 0.840 bits per heavy atom. The van der Waals surface area contributed by atoms with Gasteiger partial charge in [0.1, 0.15) is 0 Å². The predicted molar refractivity (Wildman–Crippen MR) is 238 cm³/mol. The summed E-state index contributed by atoms with van der Waals surface area (Å²) in [5, 5.41) is 0.0314. The van der Waals surface area contributed by atoms with E-state index in [2.05, 4.69) is 97.9 Å². The van der Waals surface area contributed by atoms with Crippen LogP contribution >= 0.6 is 75.8 Å². The first kappa shape index (κ1) is 41.7. The number of unbranched alkanes of at least 4 members (excludes halogenated alkanes) is 11. The molecule has 0 saturated heterocycles. The molecule has 4 aromatic rings. The summed E-state index contributed by atoms with van der Waals surface area (Å²) in [6, 6.07) is 33.9. The summed E-state index contributed by atoms with van der Waals surface area (Å²) in [6.45, 7) is 2.29. The highest BCUT2D eigenvalue weighted by Gasteiger charge is 2.50. The number of rotatable bonds is 22. The zero-order valence-corrected chi connectivity index (χ0v) is 35.1. The maximum absolute atomic E-state index is 5.62. The fourth-order valence-corrected chi connectivity index (χ4v) is 10.2. The third kappa shape index (κ3) is 11.2. The van der Waals surface area contributed by atoms with Crippen molar-refractivity contribution in [2.45, 2.75) is 145 Å². The molecule has 4 aromatic carbocycles. The maximum Gasteiger partial charge on any atom is 0.0450 e. The van der Waals surface area contributed by atoms with E-state index in [0.717, 1.165) is 55.5 Å². The van der Waals surface area contributed by atoms with Crippen molar-refractivity contribution in [2.24, 2.45) is 0 Å². The van der Waals surface area contributed by atoms with Gasteiger partial charge in [0.15, 0.2) is 0 Å². The molecule has 0 radical (unpaired) electrons. The van der Waals surface area contributed by atoms with Crippen LogP contribution in [0.25, 0.3) is 0 Å². The highest BCUT2D eigenvalue weighted by atomic mass is 32.1. The summed E-state index contributed by atoms with van der Waals surface area (Å²) in [4.78, 5) is 3.76. The molecule has 0 aliphatic heterocycles. The van der Waals surface area contributed by atoms with Gasteiger partial charge in [-0.2, -0.15) is 25.3 Å². The summed E-state index contributed by atoms with van der Waals surface area (Å²) in [6.07, 6.45) is 19.3. The molecule has 0 heterocycles. The summed E-state index contributed by atoms with van der Waals surface area (Å²) >= 11 is 31.2. The molecule has 6 heteroatoms. The molecule has 3 atom stereocenters. The molecule has 3 unspecified atom stereocenters. The average molecular weight is 779 g/mol. The molecule has 0 aromatic heterocycles. The Labute approximate surface area is 337 Å². The third-order valence-corrected chi connectivity index (χ3v) is 13.2. The summed E-state index contributed by atoms with van der Waals surface area (Å²) < 4.78 is 0. The van der Waals surface area contributed by atoms with Crippen molar-refractivity contribution in [3.8, 4) is 0 Å². The van der Waals surface area contributed by atoms with Gasteiger partial charge >= 0.3 is 0 Å². The van der Waals surface area contributed by atoms with Crippen LogP contribution in [0.15, 0.2) is 117 Å². The van der Waals surface area contributed by atoms with Crippen LogP contribution < -0.4 is 0 Å². The van der Waals surface area contributed by atoms with Crippen LogP contribution in [0.3, 0.4) is 0 Å². The standard InChI is InChI=1S/C44H58S6/c1-2-3-4-5-6-7-8-9-10-11-12-13-22-33(45)31-32-36(34-23-14-18-27-39(34)46)44(37-25-16-20-29-41(37)48,38-26-17-21-30-42(38)49)43(50)35-24-15-19-28-40(35)47/h14-21,23-30,33,36,43,45-50H,2-13,22,31-32H2,1H3. The molecule has 0 spiro atoms. The normalized spacial score (nSPS) is 13.7. The van der Waals surface area contributed by atoms with E-state index in [0.29, 0.717) is 5.25 Å². The van der Waals surface area contributed by atoms with Crippen molar-refractivity contribution in [1.29, 1.82) is 0 Å². The molecule has 4 rings (SSSR count). The molecule has 0 bridgehead atoms. The fraction of sp³-hybridized carbons (Fsp3) is 0.455. The van der Waals surface area contributed by atoms with Gasteiger partial charge in [-0.05, 0) is 65.8 Å². The van der Waals surface area contributed by atoms with Crippen molar-refractivity contribution in [2.75, 3.05) is 0 Å². The first-order valence-electron chi connectivity index (χ1n) is 18.8. The molecule has 0 amide bonds. The van der Waals surface area contributed by atoms with Crippen LogP contribution in [0.2, 0.25) is 0 Å². The first-order chi connectivity index (χ1) is 24.3. The largest absolute Gasteiger partial charge is 0.176 e. The number of hydrogen-bond acceptors (Lipinski definition) is 6. The highest BCUT2D eigenvalue weighted by Crippen LogP contribution is 2.60. The molecule has 0 fully saturated rings. The van der Waals surface area contributed by atoms with E-state index in [1.807, 2.05) is 6.07 Å². The van der Waals surface area contributed by atoms with Gasteiger partial charge in [-0.15, -0.1) is 50.5 Å². The third-order valence-electron chi connectivity index (χ3n) is 10.4. The molecule has 50 heavy (non-hydrogen) atoms. The SMILES string of the molecule is CCCCCCCCCCCCCCC(S)CCC(c1ccccc1S)C(c1ccccc1S)(c1ccccc1S)C(S)c1ccccc1S. The van der Waals surface area contributed by atoms with Gasteiger partial charge in [-0.3, -0.25) is 0 Å². The van der Waals surface area contributed by atoms with Crippen molar-refractivity contribution < 1.29 is 0 Å². The Balaban J connectivity index is 1.62. The lowest BCUT2D eigenvalue weighted by Crippen LogP contribution is -2.41. The van der Waals surface area contributed by atoms with Crippen LogP contribution in [-0.2, 0) is 5.41 Å². The van der Waals surface area contributed by atoms with Crippen LogP contribution in [0, 0.1) is 0 Å². The van der Waals surface area contributed by atoms with E-state index < -0.39 is 5.41 Å². The number of benzene rings is 4. The molecule has 0 saturated carbocycles. The second kappa shape index (κ2) is 22.3. The topological polar surface area (TPSA) is 0 Å². The zero-order chi connectivity index (χ0) is 35.8. The number of hydrogen-bond donors (Lipinski definition) is 6. The average Bonchev–Trinajstić information content (AvgIpc) is 3.12. The van der Waals surface area contributed by atoms with Crippen LogP contribution in [0.4, 0.5) is 0 Å². The van der Waals surface area contributed by atoms with Gasteiger partial charge in [-0.1, -0.05) is 157 Å². The molecule has 0 aliphatic rings. The molecular formula is C44H58S6. The second-order valence-electron chi connectivity index (χ2n) is 13.9. The fourth-order valence-electron chi connectivity index (χ4n) is 7.75. The minimum Gasteiger partial charge on any atom is -0.176 e. The lowest BCUT2D eigenvalue weighted by molar-refractivity contribution is 0.354. The predicted octanol–water partition coefficient (Wildman–Crippen LogP) is 14.8. The van der Waals surface area contributed by atoms with Crippen LogP contribution in [0.1, 0.15) is 137 Å². The van der Waals surface area contributed by atoms with E-state index in [9.17, 15) is 0 Å². The van der Waals surface area contributed by atoms with E-state index >= 15 is 0 Å². The Hall–Kier alpha value is -1.02. The molecule has 0 N–H and O–H groups in total. The van der Waals surface area contributed by atoms with E-state index in [1.165, 1.54) is 82.6 Å². The maximum atomic E-state index is 5.62. The quantitative estimate of drug-likeness (QED) is 0.0332. The molecule has 270 valence electrons. The van der Waals surface area contributed by atoms with Gasteiger partial charge in [0.2, 0.25) is 0 Å². The van der Waals surface area contributed by atoms with Crippen LogP contribution in [-0.4, -0.2) is 5.25 Å². The lowest BCUT2D eigenvalue weighted by Gasteiger charge is -2.48. The monoisotopic (exact) mass is 778 g/mol. The van der Waals surface area contributed by atoms with Gasteiger partial charge < -0.3 is 0 Å². The van der Waals surface area contributed by atoms with Crippen molar-refractivity contribution in [3.05, 3.63) is 119 Å². The van der Waals surface area contributed by atoms with Crippen molar-refractivity contribution >= 4 is 75.8 Å². The highest BCUT2D eigenvalue weighted by molar-refractivity contribution is 7.82. The first-order valence-corrected chi connectivity index (χ1v) is 21.6.